The topological polar surface area (TPSA) is 0 Å². The van der Waals surface area contributed by atoms with E-state index < -0.39 is 0 Å². The highest BCUT2D eigenvalue weighted by Crippen LogP contribution is 2.55. The SMILES string of the molecule is CC1(C)c2ccccc2-c2ccc3sc4c(-c5ccc(-c6c7ccccc7c(-c7ccc8ccccc8c7)c7ccccc67)cc5)c5ccccc5cc4c3c21. The van der Waals surface area contributed by atoms with Gasteiger partial charge in [-0.25, -0.2) is 0 Å². The number of thiophene rings is 1. The molecular weight excluding hydrogens is 693 g/mol. The molecule has 0 radical (unpaired) electrons. The van der Waals surface area contributed by atoms with E-state index in [0.717, 1.165) is 0 Å². The molecule has 10 aromatic carbocycles. The molecule has 0 spiro atoms. The molecular formula is C55H36S. The summed E-state index contributed by atoms with van der Waals surface area (Å²) < 4.78 is 2.72. The highest BCUT2D eigenvalue weighted by molar-refractivity contribution is 7.26. The van der Waals surface area contributed by atoms with Gasteiger partial charge in [-0.05, 0) is 111 Å². The van der Waals surface area contributed by atoms with E-state index in [9.17, 15) is 0 Å². The Bertz CT molecular complexity index is 3370. The first-order valence-electron chi connectivity index (χ1n) is 19.6. The van der Waals surface area contributed by atoms with Crippen molar-refractivity contribution in [3.63, 3.8) is 0 Å². The molecule has 0 nitrogen and oxygen atoms in total. The first kappa shape index (κ1) is 31.8. The first-order chi connectivity index (χ1) is 27.5. The minimum Gasteiger partial charge on any atom is -0.134 e. The number of hydrogen-bond donors (Lipinski definition) is 0. The van der Waals surface area contributed by atoms with E-state index >= 15 is 0 Å². The molecule has 0 atom stereocenters. The molecule has 1 heterocycles. The largest absolute Gasteiger partial charge is 0.134 e. The maximum Gasteiger partial charge on any atom is 0.0440 e. The molecule has 262 valence electrons. The van der Waals surface area contributed by atoms with Gasteiger partial charge in [-0.15, -0.1) is 11.3 Å². The lowest BCUT2D eigenvalue weighted by Gasteiger charge is -2.22. The molecule has 1 aliphatic rings. The highest BCUT2D eigenvalue weighted by atomic mass is 32.1. The molecule has 0 amide bonds. The number of hydrogen-bond acceptors (Lipinski definition) is 1. The van der Waals surface area contributed by atoms with Crippen LogP contribution in [0.5, 0.6) is 0 Å². The van der Waals surface area contributed by atoms with Gasteiger partial charge in [0.25, 0.3) is 0 Å². The molecule has 1 aliphatic carbocycles. The van der Waals surface area contributed by atoms with Crippen LogP contribution < -0.4 is 0 Å². The molecule has 12 rings (SSSR count). The summed E-state index contributed by atoms with van der Waals surface area (Å²) in [6.07, 6.45) is 0. The summed E-state index contributed by atoms with van der Waals surface area (Å²) in [4.78, 5) is 0. The zero-order chi connectivity index (χ0) is 37.1. The average molecular weight is 729 g/mol. The smallest absolute Gasteiger partial charge is 0.0440 e. The fourth-order valence-corrected chi connectivity index (χ4v) is 11.4. The van der Waals surface area contributed by atoms with Crippen LogP contribution in [-0.2, 0) is 5.41 Å². The number of fused-ring (bicyclic) bond motifs is 11. The monoisotopic (exact) mass is 728 g/mol. The van der Waals surface area contributed by atoms with E-state index in [4.69, 9.17) is 0 Å². The van der Waals surface area contributed by atoms with Gasteiger partial charge in [-0.2, -0.15) is 0 Å². The third kappa shape index (κ3) is 4.41. The summed E-state index contributed by atoms with van der Waals surface area (Å²) in [5, 5.41) is 13.0. The van der Waals surface area contributed by atoms with Crippen LogP contribution >= 0.6 is 11.3 Å². The molecule has 0 saturated heterocycles. The summed E-state index contributed by atoms with van der Waals surface area (Å²) in [5.41, 5.74) is 13.2. The standard InChI is InChI=1S/C55H36S/c1-55(2)47-22-12-11-17-40(47)45-29-30-48-52(53(45)55)46-32-37-15-5-6-16-39(37)51(54(46)56-48)35-26-24-34(25-27-35)49-41-18-7-9-20-43(41)50(44-21-10-8-19-42(44)49)38-28-23-33-13-3-4-14-36(33)31-38/h3-32H,1-2H3. The van der Waals surface area contributed by atoms with Gasteiger partial charge in [-0.3, -0.25) is 0 Å². The van der Waals surface area contributed by atoms with E-state index in [1.807, 2.05) is 11.3 Å². The fraction of sp³-hybridized carbons (Fsp3) is 0.0545. The number of benzene rings is 10. The second-order valence-corrected chi connectivity index (χ2v) is 17.0. The maximum absolute atomic E-state index is 2.45. The van der Waals surface area contributed by atoms with Crippen LogP contribution in [0.2, 0.25) is 0 Å². The molecule has 0 fully saturated rings. The number of rotatable bonds is 3. The molecule has 0 aliphatic heterocycles. The van der Waals surface area contributed by atoms with Gasteiger partial charge in [0, 0.05) is 31.2 Å². The molecule has 0 unspecified atom stereocenters. The summed E-state index contributed by atoms with van der Waals surface area (Å²) in [7, 11) is 0. The predicted molar refractivity (Wildman–Crippen MR) is 243 cm³/mol. The molecule has 1 aromatic heterocycles. The van der Waals surface area contributed by atoms with Gasteiger partial charge < -0.3 is 0 Å². The van der Waals surface area contributed by atoms with Crippen LogP contribution in [0.25, 0.3) is 108 Å². The summed E-state index contributed by atoms with van der Waals surface area (Å²) in [6, 6.07) is 68.1. The van der Waals surface area contributed by atoms with E-state index in [1.54, 1.807) is 0 Å². The van der Waals surface area contributed by atoms with Gasteiger partial charge in [0.15, 0.2) is 0 Å². The van der Waals surface area contributed by atoms with E-state index in [-0.39, 0.29) is 5.41 Å². The Balaban J connectivity index is 1.08. The van der Waals surface area contributed by atoms with Crippen LogP contribution in [-0.4, -0.2) is 0 Å². The van der Waals surface area contributed by atoms with Crippen LogP contribution in [0.1, 0.15) is 25.0 Å². The molecule has 56 heavy (non-hydrogen) atoms. The Labute approximate surface area is 329 Å². The van der Waals surface area contributed by atoms with Crippen molar-refractivity contribution in [2.75, 3.05) is 0 Å². The third-order valence-corrected chi connectivity index (χ3v) is 13.8. The second kappa shape index (κ2) is 11.7. The van der Waals surface area contributed by atoms with Crippen LogP contribution in [0, 0.1) is 0 Å². The lowest BCUT2D eigenvalue weighted by atomic mass is 9.80. The zero-order valence-corrected chi connectivity index (χ0v) is 32.0. The highest BCUT2D eigenvalue weighted by Gasteiger charge is 2.37. The van der Waals surface area contributed by atoms with Crippen molar-refractivity contribution in [1.82, 2.24) is 0 Å². The van der Waals surface area contributed by atoms with Gasteiger partial charge in [0.05, 0.1) is 0 Å². The van der Waals surface area contributed by atoms with E-state index in [1.165, 1.54) is 119 Å². The summed E-state index contributed by atoms with van der Waals surface area (Å²) in [6.45, 7) is 4.81. The Morgan fingerprint density at radius 3 is 1.61 bits per heavy atom. The summed E-state index contributed by atoms with van der Waals surface area (Å²) in [5.74, 6) is 0. The molecule has 11 aromatic rings. The Kier molecular flexibility index (Phi) is 6.66. The van der Waals surface area contributed by atoms with Crippen molar-refractivity contribution < 1.29 is 0 Å². The minimum atomic E-state index is -0.0811. The van der Waals surface area contributed by atoms with Crippen LogP contribution in [0.4, 0.5) is 0 Å². The van der Waals surface area contributed by atoms with E-state index in [0.29, 0.717) is 0 Å². The average Bonchev–Trinajstić information content (AvgIpc) is 3.73. The van der Waals surface area contributed by atoms with Crippen LogP contribution in [0.3, 0.4) is 0 Å². The van der Waals surface area contributed by atoms with Crippen molar-refractivity contribution in [2.45, 2.75) is 19.3 Å². The normalized spacial score (nSPS) is 13.3. The molecule has 0 saturated carbocycles. The van der Waals surface area contributed by atoms with Crippen molar-refractivity contribution in [2.24, 2.45) is 0 Å². The van der Waals surface area contributed by atoms with Crippen molar-refractivity contribution >= 4 is 74.6 Å². The van der Waals surface area contributed by atoms with Gasteiger partial charge in [-0.1, -0.05) is 178 Å². The molecule has 0 N–H and O–H groups in total. The first-order valence-corrected chi connectivity index (χ1v) is 20.4. The van der Waals surface area contributed by atoms with Gasteiger partial charge in [0.1, 0.15) is 0 Å². The van der Waals surface area contributed by atoms with Crippen LogP contribution in [0.15, 0.2) is 182 Å². The van der Waals surface area contributed by atoms with E-state index in [2.05, 4.69) is 196 Å². The quantitative estimate of drug-likeness (QED) is 0.159. The fourth-order valence-electron chi connectivity index (χ4n) is 10.1. The Morgan fingerprint density at radius 1 is 0.375 bits per heavy atom. The van der Waals surface area contributed by atoms with Gasteiger partial charge in [0.2, 0.25) is 0 Å². The maximum atomic E-state index is 2.45. The van der Waals surface area contributed by atoms with Crippen molar-refractivity contribution in [3.05, 3.63) is 193 Å². The Hall–Kier alpha value is -6.54. The predicted octanol–water partition coefficient (Wildman–Crippen LogP) is 16.0. The molecule has 0 bridgehead atoms. The lowest BCUT2D eigenvalue weighted by Crippen LogP contribution is -2.15. The van der Waals surface area contributed by atoms with Gasteiger partial charge >= 0.3 is 0 Å². The third-order valence-electron chi connectivity index (χ3n) is 12.6. The Morgan fingerprint density at radius 2 is 0.911 bits per heavy atom. The summed E-state index contributed by atoms with van der Waals surface area (Å²) >= 11 is 1.95. The van der Waals surface area contributed by atoms with Crippen molar-refractivity contribution in [3.8, 4) is 44.5 Å². The lowest BCUT2D eigenvalue weighted by molar-refractivity contribution is 0.667. The van der Waals surface area contributed by atoms with Crippen molar-refractivity contribution in [1.29, 1.82) is 0 Å². The molecule has 1 heteroatoms. The second-order valence-electron chi connectivity index (χ2n) is 16.0. The zero-order valence-electron chi connectivity index (χ0n) is 31.2. The minimum absolute atomic E-state index is 0.0811.